The summed E-state index contributed by atoms with van der Waals surface area (Å²) in [6.45, 7) is 6.30. The molecule has 0 fully saturated rings. The van der Waals surface area contributed by atoms with Crippen LogP contribution in [0.1, 0.15) is 50.4 Å². The van der Waals surface area contributed by atoms with Gasteiger partial charge in [-0.05, 0) is 45.4 Å². The van der Waals surface area contributed by atoms with Gasteiger partial charge in [-0.15, -0.1) is 4.72 Å². The molecule has 31 heavy (non-hydrogen) atoms. The van der Waals surface area contributed by atoms with Crippen molar-refractivity contribution in [2.45, 2.75) is 51.3 Å². The van der Waals surface area contributed by atoms with Crippen LogP contribution >= 0.6 is 0 Å². The van der Waals surface area contributed by atoms with Crippen LogP contribution in [-0.2, 0) is 28.9 Å². The molecule has 5 nitrogen and oxygen atoms in total. The Labute approximate surface area is 181 Å². The summed E-state index contributed by atoms with van der Waals surface area (Å²) in [5.74, 6) is -1.50. The molecule has 0 heterocycles. The van der Waals surface area contributed by atoms with E-state index in [0.29, 0.717) is 11.6 Å². The number of alkyl halides is 3. The average Bonchev–Trinajstić information content (AvgIpc) is 2.66. The van der Waals surface area contributed by atoms with Crippen molar-refractivity contribution in [2.24, 2.45) is 0 Å². The second kappa shape index (κ2) is 9.88. The van der Waals surface area contributed by atoms with Gasteiger partial charge in [0, 0.05) is 22.6 Å². The number of carbonyl (C=O) groups is 1. The lowest BCUT2D eigenvalue weighted by Gasteiger charge is -2.27. The summed E-state index contributed by atoms with van der Waals surface area (Å²) in [6.07, 6.45) is -5.98. The fraction of sp³-hybridized carbons (Fsp3) is 0.381. The smallest absolute Gasteiger partial charge is 0.419 e. The van der Waals surface area contributed by atoms with E-state index in [0.717, 1.165) is 6.07 Å². The van der Waals surface area contributed by atoms with E-state index in [1.165, 1.54) is 6.92 Å². The summed E-state index contributed by atoms with van der Waals surface area (Å²) in [7, 11) is 0. The van der Waals surface area contributed by atoms with Crippen LogP contribution in [0.2, 0.25) is 0 Å². The first-order chi connectivity index (χ1) is 14.3. The van der Waals surface area contributed by atoms with E-state index in [1.54, 1.807) is 51.1 Å². The molecule has 170 valence electrons. The van der Waals surface area contributed by atoms with Crippen LogP contribution in [-0.4, -0.2) is 15.4 Å². The first kappa shape index (κ1) is 25.0. The van der Waals surface area contributed by atoms with Crippen LogP contribution in [0, 0.1) is 5.82 Å². The molecule has 2 aromatic carbocycles. The summed E-state index contributed by atoms with van der Waals surface area (Å²) in [5, 5.41) is 2.20. The van der Waals surface area contributed by atoms with E-state index in [-0.39, 0.29) is 17.9 Å². The van der Waals surface area contributed by atoms with Gasteiger partial charge in [0.15, 0.2) is 0 Å². The third kappa shape index (κ3) is 7.12. The molecule has 0 spiro atoms. The number of carbonyl (C=O) groups excluding carboxylic acids is 1. The maximum atomic E-state index is 14.6. The molecule has 2 aromatic rings. The Balaban J connectivity index is 2.26. The first-order valence-corrected chi connectivity index (χ1v) is 10.5. The summed E-state index contributed by atoms with van der Waals surface area (Å²) in [5.41, 5.74) is -1.53. The van der Waals surface area contributed by atoms with Crippen LogP contribution in [0.3, 0.4) is 0 Å². The molecule has 0 saturated heterocycles. The van der Waals surface area contributed by atoms with Gasteiger partial charge in [-0.3, -0.25) is 5.32 Å². The highest BCUT2D eigenvalue weighted by Crippen LogP contribution is 2.37. The van der Waals surface area contributed by atoms with E-state index in [1.807, 2.05) is 0 Å². The second-order valence-corrected chi connectivity index (χ2v) is 9.83. The van der Waals surface area contributed by atoms with E-state index < -0.39 is 45.8 Å². The largest absolute Gasteiger partial charge is 0.598 e. The highest BCUT2D eigenvalue weighted by atomic mass is 32.2. The summed E-state index contributed by atoms with van der Waals surface area (Å²) >= 11 is -1.66. The van der Waals surface area contributed by atoms with Crippen molar-refractivity contribution in [2.75, 3.05) is 5.32 Å². The van der Waals surface area contributed by atoms with Gasteiger partial charge in [0.2, 0.25) is 0 Å². The highest BCUT2D eigenvalue weighted by Gasteiger charge is 2.37. The van der Waals surface area contributed by atoms with Crippen LogP contribution in [0.15, 0.2) is 42.5 Å². The lowest BCUT2D eigenvalue weighted by molar-refractivity contribution is -0.140. The van der Waals surface area contributed by atoms with Crippen molar-refractivity contribution in [3.8, 4) is 0 Å². The molecule has 10 heteroatoms. The van der Waals surface area contributed by atoms with Gasteiger partial charge in [0.1, 0.15) is 17.2 Å². The van der Waals surface area contributed by atoms with Gasteiger partial charge in [0.25, 0.3) is 0 Å². The fourth-order valence-electron chi connectivity index (χ4n) is 2.52. The van der Waals surface area contributed by atoms with Gasteiger partial charge in [0.05, 0.1) is 11.6 Å². The van der Waals surface area contributed by atoms with Crippen LogP contribution in [0.5, 0.6) is 0 Å². The third-order valence-corrected chi connectivity index (χ3v) is 5.85. The summed E-state index contributed by atoms with van der Waals surface area (Å²) in [6, 6.07) is 9.24. The summed E-state index contributed by atoms with van der Waals surface area (Å²) in [4.78, 5) is 12.0. The molecule has 2 atom stereocenters. The predicted molar refractivity (Wildman–Crippen MR) is 111 cm³/mol. The maximum Gasteiger partial charge on any atom is 0.419 e. The monoisotopic (exact) mass is 460 g/mol. The number of benzene rings is 2. The van der Waals surface area contributed by atoms with Gasteiger partial charge in [-0.25, -0.2) is 9.18 Å². The van der Waals surface area contributed by atoms with E-state index in [9.17, 15) is 26.9 Å². The predicted octanol–water partition coefficient (Wildman–Crippen LogP) is 5.71. The SMILES string of the molecule is C[C@@H](N[S+]([O-])C(C)(C)C)c1cc(NC(=O)OCc2ccccc2)cc(C(F)(F)F)c1F. The summed E-state index contributed by atoms with van der Waals surface area (Å²) < 4.78 is 73.9. The number of ether oxygens (including phenoxy) is 1. The molecule has 2 rings (SSSR count). The number of halogens is 4. The zero-order valence-corrected chi connectivity index (χ0v) is 18.3. The van der Waals surface area contributed by atoms with E-state index >= 15 is 0 Å². The molecule has 1 amide bonds. The van der Waals surface area contributed by atoms with Crippen molar-refractivity contribution in [1.82, 2.24) is 4.72 Å². The minimum atomic E-state index is -4.99. The quantitative estimate of drug-likeness (QED) is 0.428. The Morgan fingerprint density at radius 2 is 1.77 bits per heavy atom. The Bertz CT molecular complexity index is 902. The Hall–Kier alpha value is -2.30. The lowest BCUT2D eigenvalue weighted by atomic mass is 10.0. The van der Waals surface area contributed by atoms with Gasteiger partial charge < -0.3 is 9.29 Å². The Kier molecular flexibility index (Phi) is 7.96. The minimum Gasteiger partial charge on any atom is -0.598 e. The second-order valence-electron chi connectivity index (χ2n) is 7.83. The third-order valence-electron chi connectivity index (χ3n) is 4.17. The lowest BCUT2D eigenvalue weighted by Crippen LogP contribution is -2.40. The first-order valence-electron chi connectivity index (χ1n) is 9.35. The van der Waals surface area contributed by atoms with Crippen molar-refractivity contribution >= 4 is 23.1 Å². The molecular formula is C21H24F4N2O3S. The Morgan fingerprint density at radius 3 is 2.32 bits per heavy atom. The minimum absolute atomic E-state index is 0.0879. The number of hydrogen-bond donors (Lipinski definition) is 2. The van der Waals surface area contributed by atoms with Crippen molar-refractivity contribution in [1.29, 1.82) is 0 Å². The van der Waals surface area contributed by atoms with Crippen molar-refractivity contribution < 1.29 is 31.6 Å². The van der Waals surface area contributed by atoms with Crippen molar-refractivity contribution in [3.63, 3.8) is 0 Å². The molecule has 0 aliphatic carbocycles. The maximum absolute atomic E-state index is 14.6. The van der Waals surface area contributed by atoms with Gasteiger partial charge >= 0.3 is 12.3 Å². The molecule has 0 radical (unpaired) electrons. The number of amides is 1. The number of hydrogen-bond acceptors (Lipinski definition) is 4. The number of anilines is 1. The van der Waals surface area contributed by atoms with Crippen LogP contribution in [0.4, 0.5) is 28.0 Å². The van der Waals surface area contributed by atoms with Crippen LogP contribution in [0.25, 0.3) is 0 Å². The molecule has 0 saturated carbocycles. The molecular weight excluding hydrogens is 436 g/mol. The van der Waals surface area contributed by atoms with E-state index in [2.05, 4.69) is 10.0 Å². The average molecular weight is 460 g/mol. The fourth-order valence-corrected chi connectivity index (χ4v) is 3.32. The van der Waals surface area contributed by atoms with E-state index in [4.69, 9.17) is 4.74 Å². The molecule has 0 aliphatic rings. The van der Waals surface area contributed by atoms with Crippen molar-refractivity contribution in [3.05, 3.63) is 65.0 Å². The molecule has 2 N–H and O–H groups in total. The zero-order chi connectivity index (χ0) is 23.4. The van der Waals surface area contributed by atoms with Crippen LogP contribution < -0.4 is 10.0 Å². The molecule has 0 aliphatic heterocycles. The van der Waals surface area contributed by atoms with Gasteiger partial charge in [-0.1, -0.05) is 30.3 Å². The highest BCUT2D eigenvalue weighted by molar-refractivity contribution is 7.90. The molecule has 1 unspecified atom stereocenters. The Morgan fingerprint density at radius 1 is 1.16 bits per heavy atom. The number of nitrogens with one attached hydrogen (secondary N) is 2. The number of rotatable bonds is 6. The topological polar surface area (TPSA) is 73.4 Å². The zero-order valence-electron chi connectivity index (χ0n) is 17.5. The molecule has 0 aromatic heterocycles. The standard InChI is InChI=1S/C21H24F4N2O3S/c1-13(27-31(29)20(2,3)4)16-10-15(11-17(18(16)22)21(23,24)25)26-19(28)30-12-14-8-6-5-7-9-14/h5-11,13,27H,12H2,1-4H3,(H,26,28)/t13-,31?/m1/s1. The van der Waals surface area contributed by atoms with Gasteiger partial charge in [-0.2, -0.15) is 13.2 Å². The molecule has 0 bridgehead atoms. The normalized spacial score (nSPS) is 14.1.